The Morgan fingerprint density at radius 2 is 2.00 bits per heavy atom. The fourth-order valence-corrected chi connectivity index (χ4v) is 0.507. The highest BCUT2D eigenvalue weighted by Crippen LogP contribution is 1.99. The molecule has 3 nitrogen and oxygen atoms in total. The largest absolute Gasteiger partial charge is 0.396 e. The summed E-state index contributed by atoms with van der Waals surface area (Å²) in [5, 5.41) is 26.0. The molecule has 0 saturated carbocycles. The molecule has 55 valence electrons. The van der Waals surface area contributed by atoms with Gasteiger partial charge in [-0.05, 0) is 6.42 Å². The van der Waals surface area contributed by atoms with Crippen LogP contribution < -0.4 is 0 Å². The van der Waals surface area contributed by atoms with Gasteiger partial charge in [0.2, 0.25) is 0 Å². The highest BCUT2D eigenvalue weighted by atomic mass is 16.3. The van der Waals surface area contributed by atoms with Crippen LogP contribution in [0.1, 0.15) is 13.3 Å². The van der Waals surface area contributed by atoms with E-state index in [1.54, 1.807) is 6.92 Å². The summed E-state index contributed by atoms with van der Waals surface area (Å²) in [4.78, 5) is 0. The van der Waals surface area contributed by atoms with Gasteiger partial charge in [-0.1, -0.05) is 6.92 Å². The summed E-state index contributed by atoms with van der Waals surface area (Å²) in [7, 11) is 0. The number of aliphatic hydroxyl groups is 3. The Labute approximate surface area is 54.9 Å². The fourth-order valence-electron chi connectivity index (χ4n) is 0.507. The molecule has 0 aliphatic carbocycles. The maximum atomic E-state index is 8.87. The second kappa shape index (κ2) is 4.73. The molecule has 0 aliphatic heterocycles. The van der Waals surface area contributed by atoms with Gasteiger partial charge in [-0.2, -0.15) is 0 Å². The number of aliphatic hydroxyl groups excluding tert-OH is 3. The van der Waals surface area contributed by atoms with Crippen molar-refractivity contribution in [3.8, 4) is 0 Å². The molecule has 1 radical (unpaired) electrons. The van der Waals surface area contributed by atoms with E-state index in [2.05, 4.69) is 0 Å². The molecule has 3 N–H and O–H groups in total. The molecular formula is C6H13O3. The normalized spacial score (nSPS) is 17.3. The van der Waals surface area contributed by atoms with Gasteiger partial charge in [0.1, 0.15) is 0 Å². The van der Waals surface area contributed by atoms with Crippen molar-refractivity contribution in [2.45, 2.75) is 25.6 Å². The summed E-state index contributed by atoms with van der Waals surface area (Å²) in [6, 6.07) is 0. The Morgan fingerprint density at radius 3 is 2.33 bits per heavy atom. The lowest BCUT2D eigenvalue weighted by molar-refractivity contribution is 0.0309. The molecule has 0 rings (SSSR count). The zero-order chi connectivity index (χ0) is 7.28. The van der Waals surface area contributed by atoms with E-state index in [1.165, 1.54) is 6.42 Å². The maximum absolute atomic E-state index is 8.87. The van der Waals surface area contributed by atoms with Gasteiger partial charge >= 0.3 is 0 Å². The van der Waals surface area contributed by atoms with Crippen LogP contribution in [-0.4, -0.2) is 34.1 Å². The van der Waals surface area contributed by atoms with Gasteiger partial charge in [-0.15, -0.1) is 0 Å². The Hall–Kier alpha value is -0.120. The van der Waals surface area contributed by atoms with Crippen molar-refractivity contribution >= 4 is 0 Å². The summed E-state index contributed by atoms with van der Waals surface area (Å²) in [6.07, 6.45) is 0.128. The van der Waals surface area contributed by atoms with Crippen LogP contribution in [0.3, 0.4) is 0 Å². The minimum atomic E-state index is -0.889. The highest BCUT2D eigenvalue weighted by Gasteiger charge is 2.12. The Morgan fingerprint density at radius 1 is 1.44 bits per heavy atom. The second-order valence-electron chi connectivity index (χ2n) is 1.88. The van der Waals surface area contributed by atoms with Crippen molar-refractivity contribution < 1.29 is 15.3 Å². The first-order valence-electron chi connectivity index (χ1n) is 3.02. The van der Waals surface area contributed by atoms with Crippen LogP contribution in [0.4, 0.5) is 0 Å². The molecule has 0 fully saturated rings. The van der Waals surface area contributed by atoms with Gasteiger partial charge in [0.15, 0.2) is 0 Å². The van der Waals surface area contributed by atoms with E-state index in [4.69, 9.17) is 15.3 Å². The lowest BCUT2D eigenvalue weighted by Gasteiger charge is -2.13. The molecule has 0 aliphatic rings. The molecule has 0 spiro atoms. The molecule has 2 unspecified atom stereocenters. The molecule has 2 atom stereocenters. The SMILES string of the molecule is CCC(O)C(O)[CH]CO. The zero-order valence-electron chi connectivity index (χ0n) is 5.49. The van der Waals surface area contributed by atoms with Gasteiger partial charge in [-0.25, -0.2) is 0 Å². The Bertz CT molecular complexity index is 65.3. The van der Waals surface area contributed by atoms with Gasteiger partial charge in [0.25, 0.3) is 0 Å². The van der Waals surface area contributed by atoms with E-state index in [0.29, 0.717) is 6.42 Å². The van der Waals surface area contributed by atoms with Crippen molar-refractivity contribution in [3.05, 3.63) is 6.42 Å². The van der Waals surface area contributed by atoms with Crippen LogP contribution in [0, 0.1) is 6.42 Å². The summed E-state index contributed by atoms with van der Waals surface area (Å²) in [6.45, 7) is 1.57. The predicted molar refractivity (Wildman–Crippen MR) is 33.7 cm³/mol. The summed E-state index contributed by atoms with van der Waals surface area (Å²) in [5.74, 6) is 0. The fraction of sp³-hybridized carbons (Fsp3) is 0.833. The summed E-state index contributed by atoms with van der Waals surface area (Å²) >= 11 is 0. The van der Waals surface area contributed by atoms with Gasteiger partial charge in [0, 0.05) is 13.0 Å². The molecule has 0 bridgehead atoms. The van der Waals surface area contributed by atoms with Crippen molar-refractivity contribution in [1.82, 2.24) is 0 Å². The third kappa shape index (κ3) is 3.46. The predicted octanol–water partition coefficient (Wildman–Crippen LogP) is -0.685. The van der Waals surface area contributed by atoms with E-state index in [1.807, 2.05) is 0 Å². The van der Waals surface area contributed by atoms with Crippen LogP contribution in [-0.2, 0) is 0 Å². The average molecular weight is 133 g/mol. The van der Waals surface area contributed by atoms with Crippen LogP contribution in [0.15, 0.2) is 0 Å². The van der Waals surface area contributed by atoms with Gasteiger partial charge < -0.3 is 15.3 Å². The monoisotopic (exact) mass is 133 g/mol. The van der Waals surface area contributed by atoms with E-state index in [-0.39, 0.29) is 6.61 Å². The van der Waals surface area contributed by atoms with Crippen molar-refractivity contribution in [1.29, 1.82) is 0 Å². The van der Waals surface area contributed by atoms with Crippen molar-refractivity contribution in [2.75, 3.05) is 6.61 Å². The van der Waals surface area contributed by atoms with Gasteiger partial charge in [0.05, 0.1) is 12.2 Å². The standard InChI is InChI=1S/C6H13O3/c1-2-5(8)6(9)3-4-7/h3,5-9H,2,4H2,1H3. The first-order chi connectivity index (χ1) is 4.22. The number of hydrogen-bond acceptors (Lipinski definition) is 3. The Balaban J connectivity index is 3.32. The van der Waals surface area contributed by atoms with Crippen LogP contribution in [0.25, 0.3) is 0 Å². The summed E-state index contributed by atoms with van der Waals surface area (Å²) in [5.41, 5.74) is 0. The highest BCUT2D eigenvalue weighted by molar-refractivity contribution is 4.79. The second-order valence-corrected chi connectivity index (χ2v) is 1.88. The number of rotatable bonds is 4. The smallest absolute Gasteiger partial charge is 0.0853 e. The molecule has 0 amide bonds. The zero-order valence-corrected chi connectivity index (χ0v) is 5.49. The first kappa shape index (κ1) is 8.88. The first-order valence-corrected chi connectivity index (χ1v) is 3.02. The van der Waals surface area contributed by atoms with Crippen molar-refractivity contribution in [2.24, 2.45) is 0 Å². The third-order valence-electron chi connectivity index (χ3n) is 1.16. The van der Waals surface area contributed by atoms with Gasteiger partial charge in [-0.3, -0.25) is 0 Å². The van der Waals surface area contributed by atoms with E-state index < -0.39 is 12.2 Å². The lowest BCUT2D eigenvalue weighted by Crippen LogP contribution is -2.26. The van der Waals surface area contributed by atoms with Crippen LogP contribution in [0.2, 0.25) is 0 Å². The minimum absolute atomic E-state index is 0.196. The quantitative estimate of drug-likeness (QED) is 0.476. The van der Waals surface area contributed by atoms with Crippen LogP contribution >= 0.6 is 0 Å². The third-order valence-corrected chi connectivity index (χ3v) is 1.16. The maximum Gasteiger partial charge on any atom is 0.0853 e. The van der Waals surface area contributed by atoms with E-state index in [9.17, 15) is 0 Å². The molecule has 0 aromatic carbocycles. The van der Waals surface area contributed by atoms with E-state index >= 15 is 0 Å². The molecule has 0 aromatic rings. The van der Waals surface area contributed by atoms with Crippen molar-refractivity contribution in [3.63, 3.8) is 0 Å². The molecule has 0 aromatic heterocycles. The number of hydrogen-bond donors (Lipinski definition) is 3. The lowest BCUT2D eigenvalue weighted by atomic mass is 10.1. The minimum Gasteiger partial charge on any atom is -0.396 e. The molecule has 3 heteroatoms. The van der Waals surface area contributed by atoms with E-state index in [0.717, 1.165) is 0 Å². The van der Waals surface area contributed by atoms with Crippen LogP contribution in [0.5, 0.6) is 0 Å². The molecule has 0 heterocycles. The molecular weight excluding hydrogens is 120 g/mol. The molecule has 9 heavy (non-hydrogen) atoms. The summed E-state index contributed by atoms with van der Waals surface area (Å²) < 4.78 is 0. The average Bonchev–Trinajstić information content (AvgIpc) is 1.87. The molecule has 0 saturated heterocycles. The Kier molecular flexibility index (Phi) is 4.67. The topological polar surface area (TPSA) is 60.7 Å².